The fraction of sp³-hybridized carbons (Fsp3) is 0.368. The molecule has 2 saturated heterocycles. The number of aromatic nitrogens is 1. The standard InChI is InChI=1S/C19H22N4O/c1-15-21-18(24)19(23(15)16-7-3-2-4-8-16)10-13-22(14-11-19)17-9-5-6-12-20-17/h2-9,12,15H,10-11,13-14H2,1H3,(H,21,24). The molecule has 0 saturated carbocycles. The van der Waals surface area contributed by atoms with Crippen molar-refractivity contribution < 1.29 is 4.79 Å². The summed E-state index contributed by atoms with van der Waals surface area (Å²) in [6.07, 6.45) is 3.44. The number of carbonyl (C=O) groups excluding carboxylic acids is 1. The van der Waals surface area contributed by atoms with Gasteiger partial charge in [-0.1, -0.05) is 24.3 Å². The molecule has 1 aromatic heterocycles. The number of rotatable bonds is 2. The third kappa shape index (κ3) is 2.31. The number of para-hydroxylation sites is 1. The van der Waals surface area contributed by atoms with Gasteiger partial charge < -0.3 is 15.1 Å². The number of amides is 1. The highest BCUT2D eigenvalue weighted by molar-refractivity contribution is 5.94. The van der Waals surface area contributed by atoms with Crippen molar-refractivity contribution in [1.82, 2.24) is 10.3 Å². The fourth-order valence-electron chi connectivity index (χ4n) is 4.04. The van der Waals surface area contributed by atoms with Crippen LogP contribution in [0, 0.1) is 0 Å². The molecule has 24 heavy (non-hydrogen) atoms. The first-order valence-corrected chi connectivity index (χ1v) is 8.52. The lowest BCUT2D eigenvalue weighted by Crippen LogP contribution is -2.57. The van der Waals surface area contributed by atoms with E-state index in [0.29, 0.717) is 0 Å². The van der Waals surface area contributed by atoms with Gasteiger partial charge in [-0.15, -0.1) is 0 Å². The van der Waals surface area contributed by atoms with Gasteiger partial charge in [0, 0.05) is 25.0 Å². The molecule has 1 atom stereocenters. The second kappa shape index (κ2) is 5.82. The number of piperidine rings is 1. The van der Waals surface area contributed by atoms with Crippen LogP contribution in [0.1, 0.15) is 19.8 Å². The summed E-state index contributed by atoms with van der Waals surface area (Å²) in [5, 5.41) is 3.13. The van der Waals surface area contributed by atoms with E-state index in [0.717, 1.165) is 37.4 Å². The lowest BCUT2D eigenvalue weighted by Gasteiger charge is -2.44. The zero-order valence-electron chi connectivity index (χ0n) is 13.9. The van der Waals surface area contributed by atoms with Gasteiger partial charge in [-0.25, -0.2) is 4.98 Å². The van der Waals surface area contributed by atoms with Crippen LogP contribution in [0.5, 0.6) is 0 Å². The van der Waals surface area contributed by atoms with Crippen molar-refractivity contribution in [1.29, 1.82) is 0 Å². The lowest BCUT2D eigenvalue weighted by molar-refractivity contribution is -0.124. The molecule has 0 bridgehead atoms. The van der Waals surface area contributed by atoms with Gasteiger partial charge in [-0.05, 0) is 44.0 Å². The van der Waals surface area contributed by atoms with Crippen LogP contribution in [0.25, 0.3) is 0 Å². The van der Waals surface area contributed by atoms with Crippen molar-refractivity contribution >= 4 is 17.4 Å². The molecule has 2 fully saturated rings. The number of hydrogen-bond donors (Lipinski definition) is 1. The Kier molecular flexibility index (Phi) is 3.63. The first-order valence-electron chi connectivity index (χ1n) is 8.52. The van der Waals surface area contributed by atoms with Gasteiger partial charge in [-0.3, -0.25) is 4.79 Å². The molecule has 3 heterocycles. The summed E-state index contributed by atoms with van der Waals surface area (Å²) >= 11 is 0. The van der Waals surface area contributed by atoms with E-state index in [4.69, 9.17) is 0 Å². The molecule has 0 aliphatic carbocycles. The van der Waals surface area contributed by atoms with E-state index in [1.54, 1.807) is 0 Å². The first kappa shape index (κ1) is 15.0. The molecule has 1 amide bonds. The summed E-state index contributed by atoms with van der Waals surface area (Å²) in [4.78, 5) is 21.8. The van der Waals surface area contributed by atoms with Gasteiger partial charge in [0.2, 0.25) is 5.91 Å². The molecule has 1 N–H and O–H groups in total. The summed E-state index contributed by atoms with van der Waals surface area (Å²) in [5.74, 6) is 1.14. The Balaban J connectivity index is 1.61. The maximum absolute atomic E-state index is 12.8. The average Bonchev–Trinajstić information content (AvgIpc) is 2.87. The third-order valence-electron chi connectivity index (χ3n) is 5.21. The summed E-state index contributed by atoms with van der Waals surface area (Å²) < 4.78 is 0. The SMILES string of the molecule is CC1NC(=O)C2(CCN(c3ccccn3)CC2)N1c1ccccc1. The number of anilines is 2. The van der Waals surface area contributed by atoms with E-state index in [-0.39, 0.29) is 12.1 Å². The molecule has 4 rings (SSSR count). The molecule has 1 unspecified atom stereocenters. The Bertz CT molecular complexity index is 711. The van der Waals surface area contributed by atoms with E-state index >= 15 is 0 Å². The van der Waals surface area contributed by atoms with Gasteiger partial charge in [-0.2, -0.15) is 0 Å². The van der Waals surface area contributed by atoms with Crippen molar-refractivity contribution in [2.24, 2.45) is 0 Å². The van der Waals surface area contributed by atoms with Crippen LogP contribution in [0.3, 0.4) is 0 Å². The molecule has 0 radical (unpaired) electrons. The molecular weight excluding hydrogens is 300 g/mol. The maximum atomic E-state index is 12.8. The van der Waals surface area contributed by atoms with Gasteiger partial charge in [0.25, 0.3) is 0 Å². The highest BCUT2D eigenvalue weighted by atomic mass is 16.2. The van der Waals surface area contributed by atoms with Crippen LogP contribution in [-0.4, -0.2) is 35.7 Å². The number of nitrogens with one attached hydrogen (secondary N) is 1. The monoisotopic (exact) mass is 322 g/mol. The number of hydrogen-bond acceptors (Lipinski definition) is 4. The van der Waals surface area contributed by atoms with Crippen LogP contribution in [0.2, 0.25) is 0 Å². The Morgan fingerprint density at radius 2 is 1.79 bits per heavy atom. The van der Waals surface area contributed by atoms with Crippen molar-refractivity contribution in [2.75, 3.05) is 22.9 Å². The zero-order valence-corrected chi connectivity index (χ0v) is 13.9. The number of pyridine rings is 1. The Labute approximate surface area is 142 Å². The summed E-state index contributed by atoms with van der Waals surface area (Å²) in [7, 11) is 0. The molecule has 5 heteroatoms. The molecule has 2 aromatic rings. The molecule has 1 aromatic carbocycles. The summed E-state index contributed by atoms with van der Waals surface area (Å²) in [6.45, 7) is 3.73. The highest BCUT2D eigenvalue weighted by Gasteiger charge is 2.53. The van der Waals surface area contributed by atoms with Crippen LogP contribution in [0.4, 0.5) is 11.5 Å². The van der Waals surface area contributed by atoms with Gasteiger partial charge in [0.1, 0.15) is 11.4 Å². The predicted molar refractivity (Wildman–Crippen MR) is 94.9 cm³/mol. The van der Waals surface area contributed by atoms with E-state index in [1.165, 1.54) is 0 Å². The largest absolute Gasteiger partial charge is 0.356 e. The first-order chi connectivity index (χ1) is 11.7. The van der Waals surface area contributed by atoms with E-state index < -0.39 is 5.54 Å². The van der Waals surface area contributed by atoms with Gasteiger partial charge in [0.15, 0.2) is 0 Å². The highest BCUT2D eigenvalue weighted by Crippen LogP contribution is 2.39. The van der Waals surface area contributed by atoms with E-state index in [9.17, 15) is 4.79 Å². The molecular formula is C19H22N4O. The van der Waals surface area contributed by atoms with Gasteiger partial charge in [0.05, 0.1) is 6.17 Å². The number of carbonyl (C=O) groups is 1. The third-order valence-corrected chi connectivity index (χ3v) is 5.21. The average molecular weight is 322 g/mol. The molecule has 2 aliphatic rings. The minimum absolute atomic E-state index is 0.0151. The van der Waals surface area contributed by atoms with Crippen LogP contribution in [-0.2, 0) is 4.79 Å². The summed E-state index contributed by atoms with van der Waals surface area (Å²) in [6, 6.07) is 16.2. The van der Waals surface area contributed by atoms with Crippen molar-refractivity contribution in [3.8, 4) is 0 Å². The van der Waals surface area contributed by atoms with E-state index in [2.05, 4.69) is 39.2 Å². The Morgan fingerprint density at radius 3 is 2.46 bits per heavy atom. The minimum Gasteiger partial charge on any atom is -0.356 e. The Hall–Kier alpha value is -2.56. The van der Waals surface area contributed by atoms with E-state index in [1.807, 2.05) is 42.6 Å². The number of nitrogens with zero attached hydrogens (tertiary/aromatic N) is 3. The normalized spacial score (nSPS) is 22.7. The molecule has 2 aliphatic heterocycles. The van der Waals surface area contributed by atoms with Crippen molar-refractivity contribution in [3.63, 3.8) is 0 Å². The van der Waals surface area contributed by atoms with Crippen molar-refractivity contribution in [3.05, 3.63) is 54.7 Å². The quantitative estimate of drug-likeness (QED) is 0.922. The molecule has 1 spiro atoms. The predicted octanol–water partition coefficient (Wildman–Crippen LogP) is 2.40. The van der Waals surface area contributed by atoms with Crippen LogP contribution >= 0.6 is 0 Å². The maximum Gasteiger partial charge on any atom is 0.247 e. The second-order valence-corrected chi connectivity index (χ2v) is 6.56. The molecule has 5 nitrogen and oxygen atoms in total. The van der Waals surface area contributed by atoms with Crippen LogP contribution < -0.4 is 15.1 Å². The van der Waals surface area contributed by atoms with Crippen LogP contribution in [0.15, 0.2) is 54.7 Å². The van der Waals surface area contributed by atoms with Gasteiger partial charge >= 0.3 is 0 Å². The minimum atomic E-state index is -0.452. The zero-order chi connectivity index (χ0) is 16.6. The Morgan fingerprint density at radius 1 is 1.08 bits per heavy atom. The topological polar surface area (TPSA) is 48.5 Å². The molecule has 124 valence electrons. The van der Waals surface area contributed by atoms with Crippen molar-refractivity contribution in [2.45, 2.75) is 31.5 Å². The fourth-order valence-corrected chi connectivity index (χ4v) is 4.04. The smallest absolute Gasteiger partial charge is 0.247 e. The second-order valence-electron chi connectivity index (χ2n) is 6.56. The lowest BCUT2D eigenvalue weighted by atomic mass is 9.85. The summed E-state index contributed by atoms with van der Waals surface area (Å²) in [5.41, 5.74) is 0.654. The number of benzene rings is 1.